The fourth-order valence-corrected chi connectivity index (χ4v) is 5.59. The van der Waals surface area contributed by atoms with E-state index in [1.54, 1.807) is 0 Å². The van der Waals surface area contributed by atoms with Crippen molar-refractivity contribution in [1.82, 2.24) is 10.3 Å². The molecule has 1 aromatic heterocycles. The molecule has 7 heteroatoms. The van der Waals surface area contributed by atoms with Gasteiger partial charge in [0.1, 0.15) is 5.82 Å². The monoisotopic (exact) mass is 512 g/mol. The molecule has 192 valence electrons. The molecular formula is C30H36N6S. The Morgan fingerprint density at radius 3 is 2.08 bits per heavy atom. The molecule has 3 N–H and O–H groups in total. The summed E-state index contributed by atoms with van der Waals surface area (Å²) in [6, 6.07) is 24.0. The van der Waals surface area contributed by atoms with Crippen molar-refractivity contribution in [3.05, 3.63) is 66.7 Å². The molecule has 3 aromatic carbocycles. The number of thiocarbonyl (C=S) groups is 1. The number of aromatic nitrogens is 1. The number of pyridine rings is 1. The van der Waals surface area contributed by atoms with Crippen molar-refractivity contribution in [1.29, 1.82) is 0 Å². The molecule has 0 spiro atoms. The SMILES string of the molecule is CN(C)c1cc(NC2CCC(NC(=S)Nc3ccc(N(C)C)c4ccccc34)CC2)nc2ccccc12. The number of nitrogens with zero attached hydrogens (tertiary/aromatic N) is 3. The van der Waals surface area contributed by atoms with E-state index in [4.69, 9.17) is 17.2 Å². The summed E-state index contributed by atoms with van der Waals surface area (Å²) in [7, 11) is 8.31. The van der Waals surface area contributed by atoms with E-state index in [1.807, 2.05) is 6.07 Å². The first kappa shape index (κ1) is 25.1. The normalized spacial score (nSPS) is 17.4. The Bertz CT molecular complexity index is 1410. The van der Waals surface area contributed by atoms with Gasteiger partial charge in [-0.3, -0.25) is 0 Å². The molecule has 6 nitrogen and oxygen atoms in total. The van der Waals surface area contributed by atoms with Gasteiger partial charge in [-0.2, -0.15) is 0 Å². The molecule has 1 saturated carbocycles. The van der Waals surface area contributed by atoms with Crippen LogP contribution in [0.4, 0.5) is 22.9 Å². The number of hydrogen-bond acceptors (Lipinski definition) is 5. The Morgan fingerprint density at radius 2 is 1.38 bits per heavy atom. The standard InChI is InChI=1S/C30H36N6S/c1-35(2)27-18-17-26(22-9-5-6-10-23(22)27)34-30(37)32-21-15-13-20(14-16-21)31-29-19-28(36(3)4)24-11-7-8-12-25(24)33-29/h5-12,17-21H,13-16H2,1-4H3,(H,31,33)(H2,32,34,37). The molecule has 1 aliphatic carbocycles. The second kappa shape index (κ2) is 10.8. The molecule has 0 radical (unpaired) electrons. The number of rotatable bonds is 6. The molecule has 0 amide bonds. The van der Waals surface area contributed by atoms with Gasteiger partial charge in [0.05, 0.1) is 5.52 Å². The van der Waals surface area contributed by atoms with E-state index < -0.39 is 0 Å². The molecule has 4 aromatic rings. The van der Waals surface area contributed by atoms with Crippen LogP contribution < -0.4 is 25.8 Å². The molecule has 1 heterocycles. The summed E-state index contributed by atoms with van der Waals surface area (Å²) in [6.45, 7) is 0. The Balaban J connectivity index is 1.19. The Kier molecular flexibility index (Phi) is 7.33. The lowest BCUT2D eigenvalue weighted by molar-refractivity contribution is 0.388. The van der Waals surface area contributed by atoms with Crippen LogP contribution in [0.3, 0.4) is 0 Å². The molecule has 0 aliphatic heterocycles. The van der Waals surface area contributed by atoms with Crippen LogP contribution in [0.5, 0.6) is 0 Å². The second-order valence-electron chi connectivity index (χ2n) is 10.3. The Hall–Kier alpha value is -3.58. The van der Waals surface area contributed by atoms with Gasteiger partial charge < -0.3 is 25.8 Å². The van der Waals surface area contributed by atoms with Crippen molar-refractivity contribution < 1.29 is 0 Å². The highest BCUT2D eigenvalue weighted by Gasteiger charge is 2.22. The summed E-state index contributed by atoms with van der Waals surface area (Å²) in [5.41, 5.74) is 4.44. The van der Waals surface area contributed by atoms with Crippen molar-refractivity contribution >= 4 is 61.9 Å². The molecule has 0 saturated heterocycles. The van der Waals surface area contributed by atoms with E-state index >= 15 is 0 Å². The molecule has 5 rings (SSSR count). The van der Waals surface area contributed by atoms with Gasteiger partial charge in [-0.15, -0.1) is 0 Å². The van der Waals surface area contributed by atoms with Gasteiger partial charge in [0.25, 0.3) is 0 Å². The fraction of sp³-hybridized carbons (Fsp3) is 0.333. The van der Waals surface area contributed by atoms with Crippen LogP contribution in [-0.4, -0.2) is 50.4 Å². The fourth-order valence-electron chi connectivity index (χ4n) is 5.32. The summed E-state index contributed by atoms with van der Waals surface area (Å²) in [4.78, 5) is 9.18. The second-order valence-corrected chi connectivity index (χ2v) is 10.7. The highest BCUT2D eigenvalue weighted by molar-refractivity contribution is 7.80. The molecule has 0 atom stereocenters. The molecule has 1 fully saturated rings. The lowest BCUT2D eigenvalue weighted by Gasteiger charge is -2.31. The van der Waals surface area contributed by atoms with Crippen LogP contribution in [0.15, 0.2) is 66.7 Å². The van der Waals surface area contributed by atoms with E-state index in [9.17, 15) is 0 Å². The minimum absolute atomic E-state index is 0.368. The van der Waals surface area contributed by atoms with Crippen LogP contribution in [0.1, 0.15) is 25.7 Å². The maximum atomic E-state index is 5.72. The van der Waals surface area contributed by atoms with Crippen molar-refractivity contribution in [2.45, 2.75) is 37.8 Å². The Morgan fingerprint density at radius 1 is 0.757 bits per heavy atom. The van der Waals surface area contributed by atoms with Gasteiger partial charge in [-0.25, -0.2) is 4.98 Å². The van der Waals surface area contributed by atoms with Crippen molar-refractivity contribution in [2.75, 3.05) is 48.6 Å². The highest BCUT2D eigenvalue weighted by Crippen LogP contribution is 2.32. The number of hydrogen-bond donors (Lipinski definition) is 3. The quantitative estimate of drug-likeness (QED) is 0.265. The third-order valence-electron chi connectivity index (χ3n) is 7.22. The van der Waals surface area contributed by atoms with Gasteiger partial charge >= 0.3 is 0 Å². The van der Waals surface area contributed by atoms with Gasteiger partial charge in [0.15, 0.2) is 5.11 Å². The lowest BCUT2D eigenvalue weighted by Crippen LogP contribution is -2.42. The maximum Gasteiger partial charge on any atom is 0.171 e. The topological polar surface area (TPSA) is 55.5 Å². The van der Waals surface area contributed by atoms with Crippen LogP contribution in [0, 0.1) is 0 Å². The van der Waals surface area contributed by atoms with E-state index in [0.29, 0.717) is 17.2 Å². The van der Waals surface area contributed by atoms with Crippen molar-refractivity contribution in [3.63, 3.8) is 0 Å². The molecule has 1 aliphatic rings. The summed E-state index contributed by atoms with van der Waals surface area (Å²) >= 11 is 5.72. The summed E-state index contributed by atoms with van der Waals surface area (Å²) in [6.07, 6.45) is 4.28. The molecular weight excluding hydrogens is 476 g/mol. The molecule has 37 heavy (non-hydrogen) atoms. The van der Waals surface area contributed by atoms with E-state index in [1.165, 1.54) is 27.5 Å². The molecule has 0 unspecified atom stereocenters. The number of nitrogens with one attached hydrogen (secondary N) is 3. The summed E-state index contributed by atoms with van der Waals surface area (Å²) in [5.74, 6) is 0.948. The number of fused-ring (bicyclic) bond motifs is 2. The van der Waals surface area contributed by atoms with Gasteiger partial charge in [-0.1, -0.05) is 42.5 Å². The number of para-hydroxylation sites is 1. The zero-order chi connectivity index (χ0) is 25.9. The summed E-state index contributed by atoms with van der Waals surface area (Å²) < 4.78 is 0. The van der Waals surface area contributed by atoms with Crippen LogP contribution >= 0.6 is 12.2 Å². The number of benzene rings is 3. The average molecular weight is 513 g/mol. The van der Waals surface area contributed by atoms with Crippen molar-refractivity contribution in [2.24, 2.45) is 0 Å². The highest BCUT2D eigenvalue weighted by atomic mass is 32.1. The smallest absolute Gasteiger partial charge is 0.171 e. The zero-order valence-electron chi connectivity index (χ0n) is 22.1. The first-order valence-corrected chi connectivity index (χ1v) is 13.4. The average Bonchev–Trinajstić information content (AvgIpc) is 2.89. The third-order valence-corrected chi connectivity index (χ3v) is 7.44. The van der Waals surface area contributed by atoms with Gasteiger partial charge in [0.2, 0.25) is 0 Å². The van der Waals surface area contributed by atoms with Gasteiger partial charge in [0, 0.05) is 79.6 Å². The first-order chi connectivity index (χ1) is 17.9. The Labute approximate surface area is 225 Å². The summed E-state index contributed by atoms with van der Waals surface area (Å²) in [5, 5.41) is 15.0. The van der Waals surface area contributed by atoms with E-state index in [-0.39, 0.29) is 0 Å². The zero-order valence-corrected chi connectivity index (χ0v) is 22.9. The lowest BCUT2D eigenvalue weighted by atomic mass is 9.91. The van der Waals surface area contributed by atoms with E-state index in [0.717, 1.165) is 42.7 Å². The van der Waals surface area contributed by atoms with Crippen LogP contribution in [-0.2, 0) is 0 Å². The first-order valence-electron chi connectivity index (χ1n) is 13.0. The minimum Gasteiger partial charge on any atom is -0.377 e. The largest absolute Gasteiger partial charge is 0.377 e. The van der Waals surface area contributed by atoms with Crippen LogP contribution in [0.25, 0.3) is 21.7 Å². The van der Waals surface area contributed by atoms with Crippen molar-refractivity contribution in [3.8, 4) is 0 Å². The van der Waals surface area contributed by atoms with Crippen LogP contribution in [0.2, 0.25) is 0 Å². The minimum atomic E-state index is 0.368. The predicted molar refractivity (Wildman–Crippen MR) is 163 cm³/mol. The number of anilines is 4. The molecule has 0 bridgehead atoms. The maximum absolute atomic E-state index is 5.72. The van der Waals surface area contributed by atoms with E-state index in [2.05, 4.69) is 115 Å². The predicted octanol–water partition coefficient (Wildman–Crippen LogP) is 6.23. The van der Waals surface area contributed by atoms with Gasteiger partial charge in [-0.05, 0) is 56.1 Å². The third kappa shape index (κ3) is 5.57.